The van der Waals surface area contributed by atoms with Crippen molar-refractivity contribution in [1.29, 1.82) is 0 Å². The van der Waals surface area contributed by atoms with Crippen molar-refractivity contribution < 1.29 is 4.74 Å². The van der Waals surface area contributed by atoms with Crippen LogP contribution in [0.1, 0.15) is 0 Å². The topological polar surface area (TPSA) is 78.9 Å². The maximum Gasteiger partial charge on any atom is 0.220 e. The molecule has 0 atom stereocenters. The van der Waals surface area contributed by atoms with Crippen LogP contribution in [0.5, 0.6) is 0 Å². The highest BCUT2D eigenvalue weighted by molar-refractivity contribution is 6.76. The second-order valence-electron chi connectivity index (χ2n) is 8.57. The monoisotopic (exact) mass is 417 g/mol. The fraction of sp³-hybridized carbons (Fsp3) is 0.261. The van der Waals surface area contributed by atoms with E-state index in [4.69, 9.17) is 10.5 Å². The number of pyridine rings is 1. The van der Waals surface area contributed by atoms with Crippen LogP contribution in [0.3, 0.4) is 0 Å². The molecule has 0 aliphatic carbocycles. The van der Waals surface area contributed by atoms with Gasteiger partial charge in [-0.2, -0.15) is 0 Å². The molecular formula is C23H27N5OSi. The van der Waals surface area contributed by atoms with Crippen molar-refractivity contribution in [1.82, 2.24) is 19.5 Å². The lowest BCUT2D eigenvalue weighted by Gasteiger charge is -2.16. The lowest BCUT2D eigenvalue weighted by molar-refractivity contribution is 0.0909. The van der Waals surface area contributed by atoms with Gasteiger partial charge in [-0.1, -0.05) is 50.0 Å². The van der Waals surface area contributed by atoms with E-state index in [2.05, 4.69) is 57.4 Å². The maximum atomic E-state index is 6.08. The van der Waals surface area contributed by atoms with Crippen LogP contribution in [0.15, 0.2) is 60.9 Å². The first kappa shape index (κ1) is 20.2. The van der Waals surface area contributed by atoms with Gasteiger partial charge >= 0.3 is 0 Å². The van der Waals surface area contributed by atoms with Crippen LogP contribution in [-0.2, 0) is 11.5 Å². The van der Waals surface area contributed by atoms with E-state index in [9.17, 15) is 0 Å². The number of hydrogen-bond acceptors (Lipinski definition) is 5. The number of nitrogens with two attached hydrogens (primary N) is 1. The highest BCUT2D eigenvalue weighted by Gasteiger charge is 2.17. The zero-order valence-electron chi connectivity index (χ0n) is 17.7. The van der Waals surface area contributed by atoms with Gasteiger partial charge in [0.05, 0.1) is 11.4 Å². The Bertz CT molecular complexity index is 1150. The molecule has 4 rings (SSSR count). The van der Waals surface area contributed by atoms with E-state index >= 15 is 0 Å². The molecule has 3 heterocycles. The molecule has 0 bridgehead atoms. The molecule has 0 aliphatic heterocycles. The number of benzene rings is 1. The van der Waals surface area contributed by atoms with Gasteiger partial charge in [-0.25, -0.2) is 15.0 Å². The third-order valence-corrected chi connectivity index (χ3v) is 6.74. The fourth-order valence-corrected chi connectivity index (χ4v) is 4.17. The smallest absolute Gasteiger partial charge is 0.220 e. The molecule has 2 N–H and O–H groups in total. The van der Waals surface area contributed by atoms with Crippen LogP contribution in [0, 0.1) is 0 Å². The van der Waals surface area contributed by atoms with Crippen molar-refractivity contribution in [3.05, 3.63) is 60.9 Å². The molecule has 0 amide bonds. The Hall–Kier alpha value is -3.03. The van der Waals surface area contributed by atoms with Crippen molar-refractivity contribution in [2.24, 2.45) is 0 Å². The predicted molar refractivity (Wildman–Crippen MR) is 125 cm³/mol. The Labute approximate surface area is 177 Å². The van der Waals surface area contributed by atoms with Gasteiger partial charge < -0.3 is 10.5 Å². The number of rotatable bonds is 7. The van der Waals surface area contributed by atoms with Crippen LogP contribution < -0.4 is 5.73 Å². The molecule has 30 heavy (non-hydrogen) atoms. The van der Waals surface area contributed by atoms with Gasteiger partial charge in [-0.3, -0.25) is 4.57 Å². The van der Waals surface area contributed by atoms with Crippen LogP contribution in [0.2, 0.25) is 25.7 Å². The van der Waals surface area contributed by atoms with Crippen LogP contribution >= 0.6 is 0 Å². The van der Waals surface area contributed by atoms with E-state index in [1.54, 1.807) is 6.20 Å². The summed E-state index contributed by atoms with van der Waals surface area (Å²) in [5, 5.41) is 1.06. The molecule has 0 aliphatic rings. The molecule has 1 aromatic carbocycles. The molecule has 4 aromatic rings. The lowest BCUT2D eigenvalue weighted by Crippen LogP contribution is -2.22. The zero-order chi connectivity index (χ0) is 21.1. The Morgan fingerprint density at radius 2 is 1.77 bits per heavy atom. The maximum absolute atomic E-state index is 6.08. The van der Waals surface area contributed by atoms with Crippen molar-refractivity contribution in [2.75, 3.05) is 12.3 Å². The van der Waals surface area contributed by atoms with Crippen LogP contribution in [0.25, 0.3) is 33.5 Å². The minimum atomic E-state index is -1.16. The van der Waals surface area contributed by atoms with Crippen molar-refractivity contribution in [3.63, 3.8) is 0 Å². The van der Waals surface area contributed by atoms with Gasteiger partial charge in [0.25, 0.3) is 0 Å². The Morgan fingerprint density at radius 1 is 1.00 bits per heavy atom. The van der Waals surface area contributed by atoms with Gasteiger partial charge in [0.2, 0.25) is 5.95 Å². The molecule has 0 fully saturated rings. The molecule has 0 saturated heterocycles. The van der Waals surface area contributed by atoms with E-state index in [-0.39, 0.29) is 5.95 Å². The summed E-state index contributed by atoms with van der Waals surface area (Å²) in [6.45, 7) is 8.20. The predicted octanol–water partition coefficient (Wildman–Crippen LogP) is 5.05. The van der Waals surface area contributed by atoms with Crippen LogP contribution in [0.4, 0.5) is 5.95 Å². The zero-order valence-corrected chi connectivity index (χ0v) is 18.7. The summed E-state index contributed by atoms with van der Waals surface area (Å²) in [5.41, 5.74) is 10.7. The van der Waals surface area contributed by atoms with E-state index in [1.165, 1.54) is 0 Å². The molecule has 154 valence electrons. The molecule has 6 nitrogen and oxygen atoms in total. The Morgan fingerprint density at radius 3 is 2.50 bits per heavy atom. The van der Waals surface area contributed by atoms with Crippen molar-refractivity contribution >= 4 is 25.1 Å². The highest BCUT2D eigenvalue weighted by atomic mass is 28.3. The summed E-state index contributed by atoms with van der Waals surface area (Å²) >= 11 is 0. The summed E-state index contributed by atoms with van der Waals surface area (Å²) in [6, 6.07) is 17.5. The van der Waals surface area contributed by atoms with Gasteiger partial charge in [-0.05, 0) is 35.4 Å². The van der Waals surface area contributed by atoms with E-state index in [0.29, 0.717) is 6.73 Å². The van der Waals surface area contributed by atoms with Crippen LogP contribution in [-0.4, -0.2) is 34.2 Å². The summed E-state index contributed by atoms with van der Waals surface area (Å²) in [4.78, 5) is 13.2. The number of anilines is 1. The first-order valence-corrected chi connectivity index (χ1v) is 13.8. The largest absolute Gasteiger partial charge is 0.368 e. The molecule has 0 spiro atoms. The fourth-order valence-electron chi connectivity index (χ4n) is 3.41. The first-order chi connectivity index (χ1) is 14.4. The van der Waals surface area contributed by atoms with Gasteiger partial charge in [0.1, 0.15) is 12.4 Å². The number of aromatic nitrogens is 4. The Kier molecular flexibility index (Phi) is 5.65. The second-order valence-corrected chi connectivity index (χ2v) is 14.2. The van der Waals surface area contributed by atoms with Gasteiger partial charge in [0.15, 0.2) is 0 Å². The van der Waals surface area contributed by atoms with Crippen molar-refractivity contribution in [3.8, 4) is 22.5 Å². The van der Waals surface area contributed by atoms with Gasteiger partial charge in [-0.15, -0.1) is 0 Å². The molecule has 0 saturated carbocycles. The highest BCUT2D eigenvalue weighted by Crippen LogP contribution is 2.33. The number of nitrogens with zero attached hydrogens (tertiary/aromatic N) is 4. The molecule has 3 aromatic heterocycles. The summed E-state index contributed by atoms with van der Waals surface area (Å²) < 4.78 is 8.16. The number of nitrogen functional groups attached to an aromatic ring is 1. The third-order valence-electron chi connectivity index (χ3n) is 5.03. The average Bonchev–Trinajstić information content (AvgIpc) is 3.10. The summed E-state index contributed by atoms with van der Waals surface area (Å²) in [6.07, 6.45) is 3.53. The second kappa shape index (κ2) is 8.37. The number of hydrogen-bond donors (Lipinski definition) is 1. The standard InChI is InChI=1S/C23H27N5OSi/c1-30(2,3)14-13-29-16-28-21(20-10-12-26-23(24)27-20)15-19-18(9-11-25-22(19)28)17-7-5-4-6-8-17/h4-12,15H,13-14,16H2,1-3H3,(H2,24,26,27). The normalized spacial score (nSPS) is 11.8. The van der Waals surface area contributed by atoms with E-state index < -0.39 is 8.07 Å². The first-order valence-electron chi connectivity index (χ1n) is 10.1. The van der Waals surface area contributed by atoms with Crippen molar-refractivity contribution in [2.45, 2.75) is 32.4 Å². The molecular weight excluding hydrogens is 390 g/mol. The summed E-state index contributed by atoms with van der Waals surface area (Å²) in [5.74, 6) is 0.250. The minimum Gasteiger partial charge on any atom is -0.368 e. The third kappa shape index (κ3) is 4.42. The lowest BCUT2D eigenvalue weighted by atomic mass is 10.0. The summed E-state index contributed by atoms with van der Waals surface area (Å²) in [7, 11) is -1.16. The Balaban J connectivity index is 1.79. The average molecular weight is 418 g/mol. The molecule has 0 radical (unpaired) electrons. The number of ether oxygens (including phenoxy) is 1. The quantitative estimate of drug-likeness (QED) is 0.336. The SMILES string of the molecule is C[Si](C)(C)CCOCn1c(-c2ccnc(N)n2)cc2c(-c3ccccc3)ccnc21. The van der Waals surface area contributed by atoms with Gasteiger partial charge in [0, 0.05) is 32.5 Å². The van der Waals surface area contributed by atoms with E-state index in [0.717, 1.165) is 46.2 Å². The molecule has 7 heteroatoms. The number of fused-ring (bicyclic) bond motifs is 1. The molecule has 0 unspecified atom stereocenters. The minimum absolute atomic E-state index is 0.250. The van der Waals surface area contributed by atoms with E-state index in [1.807, 2.05) is 36.5 Å².